The Balaban J connectivity index is 1.84. The van der Waals surface area contributed by atoms with Crippen LogP contribution in [0.4, 0.5) is 0 Å². The van der Waals surface area contributed by atoms with E-state index in [-0.39, 0.29) is 11.9 Å². The van der Waals surface area contributed by atoms with E-state index < -0.39 is 5.41 Å². The molecule has 1 saturated carbocycles. The van der Waals surface area contributed by atoms with Crippen molar-refractivity contribution >= 4 is 5.91 Å². The summed E-state index contributed by atoms with van der Waals surface area (Å²) in [4.78, 5) is 12.6. The third-order valence-corrected chi connectivity index (χ3v) is 4.84. The second kappa shape index (κ2) is 6.78. The van der Waals surface area contributed by atoms with Crippen LogP contribution in [0.2, 0.25) is 0 Å². The predicted octanol–water partition coefficient (Wildman–Crippen LogP) is 3.31. The highest BCUT2D eigenvalue weighted by atomic mass is 16.5. The minimum Gasteiger partial charge on any atom is -0.493 e. The molecule has 1 amide bonds. The Bertz CT molecular complexity index is 765. The Morgan fingerprint density at radius 3 is 2.60 bits per heavy atom. The van der Waals surface area contributed by atoms with Crippen LogP contribution in [0.25, 0.3) is 11.3 Å². The van der Waals surface area contributed by atoms with Crippen molar-refractivity contribution in [2.75, 3.05) is 14.2 Å². The van der Waals surface area contributed by atoms with Crippen molar-refractivity contribution in [2.24, 2.45) is 0 Å². The van der Waals surface area contributed by atoms with Gasteiger partial charge in [-0.05, 0) is 44.4 Å². The number of ether oxygens (including phenoxy) is 2. The molecule has 0 saturated heterocycles. The maximum atomic E-state index is 12.6. The summed E-state index contributed by atoms with van der Waals surface area (Å²) in [5.74, 6) is 1.92. The quantitative estimate of drug-likeness (QED) is 0.834. The molecule has 1 aromatic heterocycles. The van der Waals surface area contributed by atoms with Gasteiger partial charge in [0.05, 0.1) is 25.3 Å². The molecule has 0 spiro atoms. The Hall–Kier alpha value is -2.50. The number of hydrogen-bond donors (Lipinski definition) is 1. The average molecular weight is 344 g/mol. The molecule has 1 atom stereocenters. The van der Waals surface area contributed by atoms with E-state index in [1.165, 1.54) is 0 Å². The van der Waals surface area contributed by atoms with E-state index in [9.17, 15) is 4.79 Å². The van der Waals surface area contributed by atoms with Gasteiger partial charge in [0.25, 0.3) is 0 Å². The zero-order valence-electron chi connectivity index (χ0n) is 15.1. The maximum absolute atomic E-state index is 12.6. The molecule has 1 unspecified atom stereocenters. The van der Waals surface area contributed by atoms with Gasteiger partial charge < -0.3 is 19.3 Å². The Labute approximate surface area is 147 Å². The first-order valence-corrected chi connectivity index (χ1v) is 8.54. The summed E-state index contributed by atoms with van der Waals surface area (Å²) < 4.78 is 16.1. The van der Waals surface area contributed by atoms with Crippen LogP contribution in [0.5, 0.6) is 11.5 Å². The summed E-state index contributed by atoms with van der Waals surface area (Å²) >= 11 is 0. The lowest BCUT2D eigenvalue weighted by atomic mass is 9.99. The number of carbonyl (C=O) groups is 1. The number of nitrogens with one attached hydrogen (secondary N) is 1. The largest absolute Gasteiger partial charge is 0.493 e. The zero-order chi connectivity index (χ0) is 18.0. The molecule has 134 valence electrons. The number of rotatable bonds is 7. The number of carbonyl (C=O) groups excluding carboxylic acids is 1. The van der Waals surface area contributed by atoms with E-state index in [4.69, 9.17) is 14.0 Å². The van der Waals surface area contributed by atoms with E-state index in [1.807, 2.05) is 31.2 Å². The molecule has 6 heteroatoms. The number of methoxy groups -OCH3 is 2. The Kier molecular flexibility index (Phi) is 4.70. The third-order valence-electron chi connectivity index (χ3n) is 4.84. The van der Waals surface area contributed by atoms with Gasteiger partial charge in [-0.2, -0.15) is 0 Å². The monoisotopic (exact) mass is 344 g/mol. The molecule has 0 aliphatic heterocycles. The Morgan fingerprint density at radius 2 is 2.00 bits per heavy atom. The molecule has 1 N–H and O–H groups in total. The first-order chi connectivity index (χ1) is 12.0. The van der Waals surface area contributed by atoms with Gasteiger partial charge in [-0.25, -0.2) is 0 Å². The van der Waals surface area contributed by atoms with Crippen LogP contribution in [0.1, 0.15) is 38.8 Å². The van der Waals surface area contributed by atoms with Crippen molar-refractivity contribution in [3.05, 3.63) is 30.0 Å². The van der Waals surface area contributed by atoms with Crippen LogP contribution >= 0.6 is 0 Å². The molecule has 2 aromatic rings. The van der Waals surface area contributed by atoms with Crippen LogP contribution in [-0.4, -0.2) is 31.3 Å². The molecular weight excluding hydrogens is 320 g/mol. The minimum absolute atomic E-state index is 0.0361. The van der Waals surface area contributed by atoms with Crippen molar-refractivity contribution in [1.29, 1.82) is 0 Å². The van der Waals surface area contributed by atoms with Crippen molar-refractivity contribution in [3.63, 3.8) is 0 Å². The fourth-order valence-electron chi connectivity index (χ4n) is 2.81. The third kappa shape index (κ3) is 3.21. The normalized spacial score (nSPS) is 16.2. The lowest BCUT2D eigenvalue weighted by Crippen LogP contribution is -2.40. The lowest BCUT2D eigenvalue weighted by Gasteiger charge is -2.16. The average Bonchev–Trinajstić information content (AvgIpc) is 3.31. The molecule has 0 radical (unpaired) electrons. The SMILES string of the molecule is CCC(C)NC(=O)C1(c2cc(-c3ccc(OC)c(OC)c3)on2)CC1. The maximum Gasteiger partial charge on any atom is 0.232 e. The smallest absolute Gasteiger partial charge is 0.232 e. The number of amides is 1. The van der Waals surface area contributed by atoms with Crippen molar-refractivity contribution in [3.8, 4) is 22.8 Å². The van der Waals surface area contributed by atoms with Gasteiger partial charge in [0.15, 0.2) is 17.3 Å². The van der Waals surface area contributed by atoms with Crippen molar-refractivity contribution < 1.29 is 18.8 Å². The predicted molar refractivity (Wildman–Crippen MR) is 93.9 cm³/mol. The standard InChI is InChI=1S/C19H24N2O4/c1-5-12(2)20-18(22)19(8-9-19)17-11-15(25-21-17)13-6-7-14(23-3)16(10-13)24-4/h6-7,10-12H,5,8-9H2,1-4H3,(H,20,22). The van der Waals surface area contributed by atoms with Gasteiger partial charge in [0.1, 0.15) is 0 Å². The van der Waals surface area contributed by atoms with Crippen LogP contribution < -0.4 is 14.8 Å². The summed E-state index contributed by atoms with van der Waals surface area (Å²) in [6.07, 6.45) is 2.50. The van der Waals surface area contributed by atoms with Crippen molar-refractivity contribution in [2.45, 2.75) is 44.6 Å². The molecule has 1 fully saturated rings. The van der Waals surface area contributed by atoms with E-state index in [0.717, 1.165) is 24.8 Å². The molecule has 1 aliphatic rings. The second-order valence-corrected chi connectivity index (χ2v) is 6.51. The summed E-state index contributed by atoms with van der Waals surface area (Å²) in [7, 11) is 3.18. The summed E-state index contributed by atoms with van der Waals surface area (Å²) in [6.45, 7) is 4.06. The van der Waals surface area contributed by atoms with Gasteiger partial charge in [0, 0.05) is 17.7 Å². The highest BCUT2D eigenvalue weighted by Gasteiger charge is 2.53. The molecule has 1 aromatic carbocycles. The highest BCUT2D eigenvalue weighted by molar-refractivity contribution is 5.91. The number of benzene rings is 1. The molecular formula is C19H24N2O4. The van der Waals surface area contributed by atoms with E-state index >= 15 is 0 Å². The van der Waals surface area contributed by atoms with Gasteiger partial charge in [-0.3, -0.25) is 4.79 Å². The van der Waals surface area contributed by atoms with Crippen LogP contribution in [0.15, 0.2) is 28.8 Å². The van der Waals surface area contributed by atoms with E-state index in [1.54, 1.807) is 14.2 Å². The lowest BCUT2D eigenvalue weighted by molar-refractivity contribution is -0.124. The van der Waals surface area contributed by atoms with Crippen LogP contribution in [0, 0.1) is 0 Å². The fraction of sp³-hybridized carbons (Fsp3) is 0.474. The summed E-state index contributed by atoms with van der Waals surface area (Å²) in [5, 5.41) is 7.23. The highest BCUT2D eigenvalue weighted by Crippen LogP contribution is 2.49. The zero-order valence-corrected chi connectivity index (χ0v) is 15.1. The van der Waals surface area contributed by atoms with E-state index in [0.29, 0.717) is 23.0 Å². The molecule has 1 aliphatic carbocycles. The van der Waals surface area contributed by atoms with E-state index in [2.05, 4.69) is 17.4 Å². The molecule has 25 heavy (non-hydrogen) atoms. The Morgan fingerprint density at radius 1 is 1.28 bits per heavy atom. The summed E-state index contributed by atoms with van der Waals surface area (Å²) in [5.41, 5.74) is 0.981. The molecule has 0 bridgehead atoms. The molecule has 1 heterocycles. The van der Waals surface area contributed by atoms with Gasteiger partial charge >= 0.3 is 0 Å². The molecule has 6 nitrogen and oxygen atoms in total. The fourth-order valence-corrected chi connectivity index (χ4v) is 2.81. The number of aromatic nitrogens is 1. The number of hydrogen-bond acceptors (Lipinski definition) is 5. The number of nitrogens with zero attached hydrogens (tertiary/aromatic N) is 1. The van der Waals surface area contributed by atoms with Crippen LogP contribution in [0.3, 0.4) is 0 Å². The first kappa shape index (κ1) is 17.3. The second-order valence-electron chi connectivity index (χ2n) is 6.51. The van der Waals surface area contributed by atoms with Crippen LogP contribution in [-0.2, 0) is 10.2 Å². The summed E-state index contributed by atoms with van der Waals surface area (Å²) in [6, 6.07) is 7.54. The molecule has 3 rings (SSSR count). The first-order valence-electron chi connectivity index (χ1n) is 8.54. The van der Waals surface area contributed by atoms with Gasteiger partial charge in [-0.15, -0.1) is 0 Å². The van der Waals surface area contributed by atoms with Gasteiger partial charge in [-0.1, -0.05) is 12.1 Å². The topological polar surface area (TPSA) is 73.6 Å². The van der Waals surface area contributed by atoms with Crippen molar-refractivity contribution in [1.82, 2.24) is 10.5 Å². The minimum atomic E-state index is -0.540. The van der Waals surface area contributed by atoms with Gasteiger partial charge in [0.2, 0.25) is 5.91 Å².